The zero-order chi connectivity index (χ0) is 13.7. The van der Waals surface area contributed by atoms with Gasteiger partial charge in [0, 0.05) is 6.54 Å². The highest BCUT2D eigenvalue weighted by Crippen LogP contribution is 2.18. The first kappa shape index (κ1) is 14.4. The van der Waals surface area contributed by atoms with Crippen LogP contribution in [0.4, 0.5) is 5.13 Å². The summed E-state index contributed by atoms with van der Waals surface area (Å²) in [5.41, 5.74) is 0. The first-order valence-corrected chi connectivity index (χ1v) is 6.45. The minimum absolute atomic E-state index is 0.129. The monoisotopic (exact) mass is 271 g/mol. The molecule has 1 rings (SSSR count). The van der Waals surface area contributed by atoms with Gasteiger partial charge in [-0.2, -0.15) is 0 Å². The van der Waals surface area contributed by atoms with Gasteiger partial charge >= 0.3 is 5.97 Å². The van der Waals surface area contributed by atoms with E-state index >= 15 is 0 Å². The van der Waals surface area contributed by atoms with Crippen LogP contribution in [0, 0.1) is 5.92 Å². The van der Waals surface area contributed by atoms with E-state index < -0.39 is 12.0 Å². The van der Waals surface area contributed by atoms with E-state index in [9.17, 15) is 9.59 Å². The smallest absolute Gasteiger partial charge is 0.347 e. The summed E-state index contributed by atoms with van der Waals surface area (Å²) >= 11 is 1.01. The minimum Gasteiger partial charge on any atom is -0.477 e. The van der Waals surface area contributed by atoms with Crippen LogP contribution in [0.25, 0.3) is 0 Å². The molecule has 0 saturated heterocycles. The standard InChI is InChI=1S/C11H17N3O3S/c1-6(2)4-12-9(15)7(3)14-11-13-5-8(18-11)10(16)17/h5-7H,4H2,1-3H3,(H,12,15)(H,13,14)(H,16,17). The van der Waals surface area contributed by atoms with Gasteiger partial charge < -0.3 is 15.7 Å². The Bertz CT molecular complexity index is 431. The van der Waals surface area contributed by atoms with Gasteiger partial charge in [-0.25, -0.2) is 9.78 Å². The molecule has 1 heterocycles. The summed E-state index contributed by atoms with van der Waals surface area (Å²) < 4.78 is 0. The Labute approximate surface area is 109 Å². The molecule has 1 aromatic rings. The molecule has 0 fully saturated rings. The highest BCUT2D eigenvalue weighted by atomic mass is 32.1. The van der Waals surface area contributed by atoms with Gasteiger partial charge in [0.05, 0.1) is 6.20 Å². The summed E-state index contributed by atoms with van der Waals surface area (Å²) in [6.45, 7) is 6.34. The van der Waals surface area contributed by atoms with Crippen molar-refractivity contribution in [1.82, 2.24) is 10.3 Å². The number of aromatic nitrogens is 1. The lowest BCUT2D eigenvalue weighted by Gasteiger charge is -2.14. The Morgan fingerprint density at radius 3 is 2.61 bits per heavy atom. The number of hydrogen-bond acceptors (Lipinski definition) is 5. The SMILES string of the molecule is CC(C)CNC(=O)C(C)Nc1ncc(C(=O)O)s1. The molecule has 0 aliphatic heterocycles. The van der Waals surface area contributed by atoms with E-state index in [0.29, 0.717) is 17.6 Å². The van der Waals surface area contributed by atoms with E-state index in [2.05, 4.69) is 15.6 Å². The van der Waals surface area contributed by atoms with Crippen molar-refractivity contribution >= 4 is 28.3 Å². The van der Waals surface area contributed by atoms with Crippen molar-refractivity contribution in [2.75, 3.05) is 11.9 Å². The van der Waals surface area contributed by atoms with Gasteiger partial charge in [0.1, 0.15) is 10.9 Å². The van der Waals surface area contributed by atoms with Gasteiger partial charge in [-0.3, -0.25) is 4.79 Å². The van der Waals surface area contributed by atoms with Crippen LogP contribution in [-0.2, 0) is 4.79 Å². The Hall–Kier alpha value is -1.63. The zero-order valence-corrected chi connectivity index (χ0v) is 11.4. The molecule has 100 valence electrons. The third-order valence-electron chi connectivity index (χ3n) is 2.13. The van der Waals surface area contributed by atoms with Gasteiger partial charge in [-0.1, -0.05) is 25.2 Å². The van der Waals surface area contributed by atoms with Gasteiger partial charge in [0.2, 0.25) is 5.91 Å². The van der Waals surface area contributed by atoms with Crippen molar-refractivity contribution in [3.8, 4) is 0 Å². The summed E-state index contributed by atoms with van der Waals surface area (Å²) in [7, 11) is 0. The number of carboxylic acid groups (broad SMARTS) is 1. The third kappa shape index (κ3) is 4.33. The van der Waals surface area contributed by atoms with Crippen molar-refractivity contribution in [3.63, 3.8) is 0 Å². The van der Waals surface area contributed by atoms with Crippen molar-refractivity contribution in [2.24, 2.45) is 5.92 Å². The van der Waals surface area contributed by atoms with Gasteiger partial charge in [-0.05, 0) is 12.8 Å². The molecule has 1 aromatic heterocycles. The molecule has 1 unspecified atom stereocenters. The first-order chi connectivity index (χ1) is 8.40. The fourth-order valence-electron chi connectivity index (χ4n) is 1.15. The maximum absolute atomic E-state index is 11.7. The summed E-state index contributed by atoms with van der Waals surface area (Å²) in [5.74, 6) is -0.757. The molecular weight excluding hydrogens is 254 g/mol. The molecule has 1 atom stereocenters. The van der Waals surface area contributed by atoms with Crippen LogP contribution in [0.2, 0.25) is 0 Å². The lowest BCUT2D eigenvalue weighted by Crippen LogP contribution is -2.39. The predicted octanol–water partition coefficient (Wildman–Crippen LogP) is 1.41. The van der Waals surface area contributed by atoms with Crippen LogP contribution in [0.1, 0.15) is 30.4 Å². The van der Waals surface area contributed by atoms with E-state index in [0.717, 1.165) is 11.3 Å². The molecular formula is C11H17N3O3S. The van der Waals surface area contributed by atoms with Crippen molar-refractivity contribution in [3.05, 3.63) is 11.1 Å². The Kier molecular flexibility index (Phi) is 5.08. The Morgan fingerprint density at radius 1 is 1.44 bits per heavy atom. The van der Waals surface area contributed by atoms with Crippen molar-refractivity contribution in [1.29, 1.82) is 0 Å². The van der Waals surface area contributed by atoms with Crippen LogP contribution in [0.3, 0.4) is 0 Å². The zero-order valence-electron chi connectivity index (χ0n) is 10.6. The number of nitrogens with one attached hydrogen (secondary N) is 2. The van der Waals surface area contributed by atoms with Crippen molar-refractivity contribution in [2.45, 2.75) is 26.8 Å². The molecule has 0 aliphatic rings. The molecule has 18 heavy (non-hydrogen) atoms. The number of carbonyl (C=O) groups excluding carboxylic acids is 1. The van der Waals surface area contributed by atoms with Crippen molar-refractivity contribution < 1.29 is 14.7 Å². The van der Waals surface area contributed by atoms with Gasteiger partial charge in [0.15, 0.2) is 5.13 Å². The number of carbonyl (C=O) groups is 2. The molecule has 0 radical (unpaired) electrons. The summed E-state index contributed by atoms with van der Waals surface area (Å²) in [6.07, 6.45) is 1.27. The van der Waals surface area contributed by atoms with E-state index in [4.69, 9.17) is 5.11 Å². The minimum atomic E-state index is -1.02. The highest BCUT2D eigenvalue weighted by Gasteiger charge is 2.15. The van der Waals surface area contributed by atoms with Crippen LogP contribution in [0.5, 0.6) is 0 Å². The third-order valence-corrected chi connectivity index (χ3v) is 3.05. The van der Waals surface area contributed by atoms with Gasteiger partial charge in [-0.15, -0.1) is 0 Å². The van der Waals surface area contributed by atoms with Crippen LogP contribution < -0.4 is 10.6 Å². The van der Waals surface area contributed by atoms with E-state index in [1.807, 2.05) is 13.8 Å². The summed E-state index contributed by atoms with van der Waals surface area (Å²) in [6, 6.07) is -0.448. The maximum atomic E-state index is 11.7. The number of carboxylic acids is 1. The fourth-order valence-corrected chi connectivity index (χ4v) is 1.89. The molecule has 1 amide bonds. The topological polar surface area (TPSA) is 91.3 Å². The van der Waals surface area contributed by atoms with Crippen LogP contribution >= 0.6 is 11.3 Å². The second-order valence-electron chi connectivity index (χ2n) is 4.34. The number of thiazole rings is 1. The fraction of sp³-hybridized carbons (Fsp3) is 0.545. The lowest BCUT2D eigenvalue weighted by molar-refractivity contribution is -0.121. The summed E-state index contributed by atoms with van der Waals surface area (Å²) in [5, 5.41) is 14.8. The lowest BCUT2D eigenvalue weighted by atomic mass is 10.2. The number of anilines is 1. The number of hydrogen-bond donors (Lipinski definition) is 3. The number of aromatic carboxylic acids is 1. The molecule has 0 saturated carbocycles. The average molecular weight is 271 g/mol. The molecule has 0 spiro atoms. The molecule has 0 aromatic carbocycles. The average Bonchev–Trinajstić information content (AvgIpc) is 2.74. The van der Waals surface area contributed by atoms with Crippen LogP contribution in [0.15, 0.2) is 6.20 Å². The number of nitrogens with zero attached hydrogens (tertiary/aromatic N) is 1. The second kappa shape index (κ2) is 6.34. The number of rotatable bonds is 6. The molecule has 6 nitrogen and oxygen atoms in total. The van der Waals surface area contributed by atoms with Crippen LogP contribution in [-0.4, -0.2) is 34.6 Å². The molecule has 7 heteroatoms. The van der Waals surface area contributed by atoms with E-state index in [-0.39, 0.29) is 10.8 Å². The predicted molar refractivity (Wildman–Crippen MR) is 70.0 cm³/mol. The summed E-state index contributed by atoms with van der Waals surface area (Å²) in [4.78, 5) is 26.4. The molecule has 0 aliphatic carbocycles. The molecule has 0 bridgehead atoms. The van der Waals surface area contributed by atoms with E-state index in [1.54, 1.807) is 6.92 Å². The largest absolute Gasteiger partial charge is 0.477 e. The van der Waals surface area contributed by atoms with Gasteiger partial charge in [0.25, 0.3) is 0 Å². The Balaban J connectivity index is 2.50. The quantitative estimate of drug-likeness (QED) is 0.727. The maximum Gasteiger partial charge on any atom is 0.347 e. The normalized spacial score (nSPS) is 12.2. The molecule has 3 N–H and O–H groups in total. The second-order valence-corrected chi connectivity index (χ2v) is 5.37. The first-order valence-electron chi connectivity index (χ1n) is 5.63. The highest BCUT2D eigenvalue weighted by molar-refractivity contribution is 7.17. The number of amides is 1. The van der Waals surface area contributed by atoms with E-state index in [1.165, 1.54) is 6.20 Å². The Morgan fingerprint density at radius 2 is 2.11 bits per heavy atom.